The van der Waals surface area contributed by atoms with E-state index in [9.17, 15) is 0 Å². The Kier molecular flexibility index (Phi) is 8.66. The van der Waals surface area contributed by atoms with Crippen molar-refractivity contribution in [1.82, 2.24) is 15.0 Å². The number of hydrogen-bond donors (Lipinski definition) is 0. The number of allylic oxidation sites excluding steroid dienone is 11. The lowest BCUT2D eigenvalue weighted by molar-refractivity contribution is 1.03. The number of aromatic nitrogens is 3. The highest BCUT2D eigenvalue weighted by molar-refractivity contribution is 6.22. The largest absolute Gasteiger partial charge is 0.209 e. The highest BCUT2D eigenvalue weighted by Crippen LogP contribution is 2.44. The molecule has 0 radical (unpaired) electrons. The summed E-state index contributed by atoms with van der Waals surface area (Å²) in [7, 11) is 0. The summed E-state index contributed by atoms with van der Waals surface area (Å²) in [5, 5.41) is 9.36. The van der Waals surface area contributed by atoms with Gasteiger partial charge in [0.2, 0.25) is 0 Å². The third kappa shape index (κ3) is 5.86. The van der Waals surface area contributed by atoms with Crippen LogP contribution in [-0.2, 0) is 0 Å². The third-order valence-electron chi connectivity index (χ3n) is 10.2. The smallest absolute Gasteiger partial charge is 0.165 e. The molecule has 8 aromatic rings. The third-order valence-corrected chi connectivity index (χ3v) is 10.2. The summed E-state index contributed by atoms with van der Waals surface area (Å²) in [4.78, 5) is 15.5. The van der Waals surface area contributed by atoms with Crippen LogP contribution >= 0.6 is 0 Å². The van der Waals surface area contributed by atoms with E-state index in [1.807, 2.05) is 30.4 Å². The molecule has 1 aromatic heterocycles. The maximum Gasteiger partial charge on any atom is 0.165 e. The minimum Gasteiger partial charge on any atom is -0.209 e. The van der Waals surface area contributed by atoms with Gasteiger partial charge in [-0.1, -0.05) is 177 Å². The number of hydrogen-bond acceptors (Lipinski definition) is 3. The van der Waals surface area contributed by atoms with Gasteiger partial charge in [0.05, 0.1) is 0 Å². The van der Waals surface area contributed by atoms with E-state index in [4.69, 9.17) is 15.0 Å². The molecular weight excluding hydrogens is 655 g/mol. The number of benzene rings is 7. The van der Waals surface area contributed by atoms with E-state index in [0.29, 0.717) is 17.5 Å². The Bertz CT molecular complexity index is 2870. The van der Waals surface area contributed by atoms with Gasteiger partial charge in [-0.2, -0.15) is 0 Å². The van der Waals surface area contributed by atoms with Crippen molar-refractivity contribution in [2.24, 2.45) is 0 Å². The highest BCUT2D eigenvalue weighted by atomic mass is 15.0. The average Bonchev–Trinajstić information content (AvgIpc) is 3.52. The second-order valence-corrected chi connectivity index (χ2v) is 13.5. The zero-order chi connectivity index (χ0) is 36.4. The van der Waals surface area contributed by atoms with Gasteiger partial charge < -0.3 is 0 Å². The van der Waals surface area contributed by atoms with Crippen LogP contribution in [0.25, 0.3) is 88.1 Å². The molecule has 1 aliphatic rings. The molecule has 1 heterocycles. The van der Waals surface area contributed by atoms with E-state index in [1.54, 1.807) is 0 Å². The van der Waals surface area contributed by atoms with Crippen LogP contribution in [0.15, 0.2) is 189 Å². The molecule has 0 aliphatic heterocycles. The van der Waals surface area contributed by atoms with Crippen LogP contribution in [0.5, 0.6) is 0 Å². The highest BCUT2D eigenvalue weighted by Gasteiger charge is 2.21. The molecular formula is C51H37N3. The molecule has 0 spiro atoms. The Morgan fingerprint density at radius 2 is 1.19 bits per heavy atom. The lowest BCUT2D eigenvalue weighted by atomic mass is 9.86. The molecule has 1 aliphatic carbocycles. The minimum atomic E-state index is 0.659. The Hall–Kier alpha value is -6.97. The van der Waals surface area contributed by atoms with E-state index in [2.05, 4.69) is 165 Å². The second-order valence-electron chi connectivity index (χ2n) is 13.5. The molecule has 0 atom stereocenters. The normalized spacial score (nSPS) is 13.3. The van der Waals surface area contributed by atoms with Crippen molar-refractivity contribution in [1.29, 1.82) is 0 Å². The van der Waals surface area contributed by atoms with E-state index in [-0.39, 0.29) is 0 Å². The van der Waals surface area contributed by atoms with Gasteiger partial charge >= 0.3 is 0 Å². The van der Waals surface area contributed by atoms with E-state index < -0.39 is 0 Å². The first-order chi connectivity index (χ1) is 26.7. The van der Waals surface area contributed by atoms with Crippen LogP contribution in [-0.4, -0.2) is 15.0 Å². The van der Waals surface area contributed by atoms with E-state index >= 15 is 0 Å². The number of nitrogens with zero attached hydrogens (tertiary/aromatic N) is 3. The quantitative estimate of drug-likeness (QED) is 0.0949. The molecule has 0 unspecified atom stereocenters. The van der Waals surface area contributed by atoms with Gasteiger partial charge in [-0.3, -0.25) is 0 Å². The molecule has 0 N–H and O–H groups in total. The van der Waals surface area contributed by atoms with Crippen LogP contribution in [0.2, 0.25) is 0 Å². The Labute approximate surface area is 315 Å². The monoisotopic (exact) mass is 691 g/mol. The predicted octanol–water partition coefficient (Wildman–Crippen LogP) is 13.5. The summed E-state index contributed by atoms with van der Waals surface area (Å²) in [5.41, 5.74) is 7.71. The van der Waals surface area contributed by atoms with Gasteiger partial charge in [0.1, 0.15) is 0 Å². The van der Waals surface area contributed by atoms with Gasteiger partial charge in [-0.15, -0.1) is 0 Å². The van der Waals surface area contributed by atoms with Gasteiger partial charge in [0.25, 0.3) is 0 Å². The summed E-state index contributed by atoms with van der Waals surface area (Å²) in [6.07, 6.45) is 19.3. The van der Waals surface area contributed by atoms with Crippen molar-refractivity contribution in [2.75, 3.05) is 0 Å². The fourth-order valence-electron chi connectivity index (χ4n) is 7.81. The summed E-state index contributed by atoms with van der Waals surface area (Å²) in [6.45, 7) is 6.04. The second kappa shape index (κ2) is 14.2. The molecule has 0 saturated heterocycles. The maximum absolute atomic E-state index is 5.25. The first kappa shape index (κ1) is 32.9. The van der Waals surface area contributed by atoms with Crippen LogP contribution in [0.1, 0.15) is 24.7 Å². The lowest BCUT2D eigenvalue weighted by Crippen LogP contribution is -2.04. The van der Waals surface area contributed by atoms with E-state index in [0.717, 1.165) is 55.8 Å². The molecule has 256 valence electrons. The van der Waals surface area contributed by atoms with Crippen molar-refractivity contribution < 1.29 is 0 Å². The van der Waals surface area contributed by atoms with Gasteiger partial charge in [-0.05, 0) is 90.8 Å². The van der Waals surface area contributed by atoms with Crippen molar-refractivity contribution in [3.05, 3.63) is 200 Å². The van der Waals surface area contributed by atoms with Gasteiger partial charge in [-0.25, -0.2) is 15.0 Å². The first-order valence-electron chi connectivity index (χ1n) is 18.4. The standard InChI is InChI=1S/C51H37N3/c1-3-18-34(19-4-2)45-32-37-30-31-38(33-46(37)40-25-13-12-24-39(40)45)47-41-26-14-16-28-43(41)48(44-29-17-15-27-42(44)47)51-53-49(35-20-8-5-6-9-21-35)52-50(54-51)36-22-10-7-11-23-36/h3-20,22-33H,1,21H2,2H3/b19-4-,34-18+. The summed E-state index contributed by atoms with van der Waals surface area (Å²) in [5.74, 6) is 2.01. The summed E-state index contributed by atoms with van der Waals surface area (Å²) >= 11 is 0. The maximum atomic E-state index is 5.25. The average molecular weight is 692 g/mol. The lowest BCUT2D eigenvalue weighted by Gasteiger charge is -2.18. The zero-order valence-corrected chi connectivity index (χ0v) is 30.1. The van der Waals surface area contributed by atoms with Crippen LogP contribution < -0.4 is 0 Å². The number of fused-ring (bicyclic) bond motifs is 5. The molecule has 9 rings (SSSR count). The van der Waals surface area contributed by atoms with Crippen LogP contribution in [0.4, 0.5) is 0 Å². The van der Waals surface area contributed by atoms with Crippen molar-refractivity contribution in [3.63, 3.8) is 0 Å². The molecule has 0 saturated carbocycles. The Balaban J connectivity index is 1.31. The number of rotatable bonds is 7. The van der Waals surface area contributed by atoms with Crippen LogP contribution in [0.3, 0.4) is 0 Å². The molecule has 54 heavy (non-hydrogen) atoms. The van der Waals surface area contributed by atoms with Gasteiger partial charge in [0.15, 0.2) is 17.5 Å². The van der Waals surface area contributed by atoms with Crippen molar-refractivity contribution >= 4 is 54.2 Å². The van der Waals surface area contributed by atoms with Crippen molar-refractivity contribution in [3.8, 4) is 33.9 Å². The molecule has 7 aromatic carbocycles. The SMILES string of the molecule is C=C/C=C(\C=C/C)c1cc2ccc(-c3c4ccccc4c(-c4nc(C5=CC=CC=CC5)nc(-c5ccccc5)n4)c4ccccc34)cc2c2ccccc12. The van der Waals surface area contributed by atoms with Gasteiger partial charge in [0, 0.05) is 16.7 Å². The molecule has 0 amide bonds. The van der Waals surface area contributed by atoms with Crippen molar-refractivity contribution in [2.45, 2.75) is 13.3 Å². The minimum absolute atomic E-state index is 0.659. The first-order valence-corrected chi connectivity index (χ1v) is 18.4. The Morgan fingerprint density at radius 1 is 0.556 bits per heavy atom. The molecule has 0 bridgehead atoms. The fraction of sp³-hybridized carbons (Fsp3) is 0.0392. The topological polar surface area (TPSA) is 38.7 Å². The van der Waals surface area contributed by atoms with Crippen LogP contribution in [0, 0.1) is 0 Å². The summed E-state index contributed by atoms with van der Waals surface area (Å²) < 4.78 is 0. The van der Waals surface area contributed by atoms with E-state index in [1.165, 1.54) is 32.7 Å². The predicted molar refractivity (Wildman–Crippen MR) is 230 cm³/mol. The molecule has 0 fully saturated rings. The molecule has 3 nitrogen and oxygen atoms in total. The Morgan fingerprint density at radius 3 is 1.89 bits per heavy atom. The zero-order valence-electron chi connectivity index (χ0n) is 30.1. The fourth-order valence-corrected chi connectivity index (χ4v) is 7.81. The summed E-state index contributed by atoms with van der Waals surface area (Å²) in [6, 6.07) is 45.5. The molecule has 3 heteroatoms.